The van der Waals surface area contributed by atoms with Crippen LogP contribution in [0.15, 0.2) is 63.0 Å². The predicted molar refractivity (Wildman–Crippen MR) is 85.9 cm³/mol. The van der Waals surface area contributed by atoms with Gasteiger partial charge in [0.2, 0.25) is 0 Å². The van der Waals surface area contributed by atoms with Gasteiger partial charge in [-0.1, -0.05) is 36.0 Å². The van der Waals surface area contributed by atoms with Crippen LogP contribution in [0.1, 0.15) is 5.82 Å². The number of thioether (sulfide) groups is 1. The van der Waals surface area contributed by atoms with Crippen molar-refractivity contribution in [3.05, 3.63) is 64.7 Å². The highest BCUT2D eigenvalue weighted by molar-refractivity contribution is 7.98. The van der Waals surface area contributed by atoms with E-state index in [1.54, 1.807) is 6.07 Å². The molecule has 0 spiro atoms. The summed E-state index contributed by atoms with van der Waals surface area (Å²) in [5.74, 6) is 1.10. The number of hydrogen-bond acceptors (Lipinski definition) is 5. The van der Waals surface area contributed by atoms with Crippen LogP contribution < -0.4 is 5.56 Å². The zero-order valence-corrected chi connectivity index (χ0v) is 12.3. The monoisotopic (exact) mass is 309 g/mol. The quantitative estimate of drug-likeness (QED) is 0.588. The molecule has 0 fully saturated rings. The molecule has 0 aliphatic rings. The van der Waals surface area contributed by atoms with Gasteiger partial charge in [0.15, 0.2) is 5.58 Å². The van der Waals surface area contributed by atoms with E-state index in [4.69, 9.17) is 4.42 Å². The molecule has 2 heterocycles. The third-order valence-corrected chi connectivity index (χ3v) is 4.11. The third-order valence-electron chi connectivity index (χ3n) is 3.27. The average molecular weight is 309 g/mol. The smallest absolute Gasteiger partial charge is 0.258 e. The van der Waals surface area contributed by atoms with E-state index >= 15 is 0 Å². The maximum absolute atomic E-state index is 12.0. The number of benzene rings is 2. The molecule has 0 saturated heterocycles. The summed E-state index contributed by atoms with van der Waals surface area (Å²) in [6, 6.07) is 14.9. The van der Waals surface area contributed by atoms with Gasteiger partial charge in [-0.3, -0.25) is 4.79 Å². The molecule has 0 aliphatic heterocycles. The van der Waals surface area contributed by atoms with E-state index < -0.39 is 0 Å². The summed E-state index contributed by atoms with van der Waals surface area (Å²) in [6.07, 6.45) is 0. The topological polar surface area (TPSA) is 71.8 Å². The van der Waals surface area contributed by atoms with Gasteiger partial charge >= 0.3 is 0 Å². The highest BCUT2D eigenvalue weighted by Crippen LogP contribution is 2.25. The third kappa shape index (κ3) is 2.37. The maximum Gasteiger partial charge on any atom is 0.258 e. The second kappa shape index (κ2) is 5.31. The molecular formula is C16H11N3O2S. The lowest BCUT2D eigenvalue weighted by Gasteiger charge is -2.01. The molecule has 0 bridgehead atoms. The zero-order chi connectivity index (χ0) is 14.9. The molecule has 2 aromatic heterocycles. The number of aromatic amines is 1. The second-order valence-electron chi connectivity index (χ2n) is 4.77. The molecule has 4 aromatic rings. The Balaban J connectivity index is 1.62. The van der Waals surface area contributed by atoms with Gasteiger partial charge in [-0.15, -0.1) is 0 Å². The van der Waals surface area contributed by atoms with Gasteiger partial charge < -0.3 is 9.40 Å². The number of fused-ring (bicyclic) bond motifs is 2. The van der Waals surface area contributed by atoms with Crippen LogP contribution in [0.5, 0.6) is 0 Å². The summed E-state index contributed by atoms with van der Waals surface area (Å²) in [6.45, 7) is 0. The van der Waals surface area contributed by atoms with Crippen molar-refractivity contribution >= 4 is 33.8 Å². The lowest BCUT2D eigenvalue weighted by Crippen LogP contribution is -2.11. The molecule has 1 N–H and O–H groups in total. The van der Waals surface area contributed by atoms with E-state index in [0.29, 0.717) is 27.7 Å². The number of para-hydroxylation sites is 3. The Bertz CT molecular complexity index is 989. The van der Waals surface area contributed by atoms with Crippen molar-refractivity contribution in [3.63, 3.8) is 0 Å². The Morgan fingerprint density at radius 3 is 2.64 bits per heavy atom. The Kier molecular flexibility index (Phi) is 3.16. The van der Waals surface area contributed by atoms with Gasteiger partial charge in [-0.2, -0.15) is 0 Å². The van der Waals surface area contributed by atoms with Crippen molar-refractivity contribution in [2.45, 2.75) is 11.0 Å². The first-order valence-electron chi connectivity index (χ1n) is 6.76. The van der Waals surface area contributed by atoms with Crippen LogP contribution in [0.25, 0.3) is 22.0 Å². The number of nitrogens with zero attached hydrogens (tertiary/aromatic N) is 2. The average Bonchev–Trinajstić information content (AvgIpc) is 2.96. The van der Waals surface area contributed by atoms with Crippen molar-refractivity contribution < 1.29 is 4.42 Å². The largest absolute Gasteiger partial charge is 0.431 e. The number of hydrogen-bond donors (Lipinski definition) is 1. The summed E-state index contributed by atoms with van der Waals surface area (Å²) >= 11 is 1.41. The van der Waals surface area contributed by atoms with E-state index in [1.807, 2.05) is 42.5 Å². The molecular weight excluding hydrogens is 298 g/mol. The van der Waals surface area contributed by atoms with Crippen LogP contribution in [-0.2, 0) is 5.75 Å². The zero-order valence-electron chi connectivity index (χ0n) is 11.4. The maximum atomic E-state index is 12.0. The molecule has 2 aromatic carbocycles. The second-order valence-corrected chi connectivity index (χ2v) is 5.69. The first kappa shape index (κ1) is 13.1. The first-order chi connectivity index (χ1) is 10.8. The van der Waals surface area contributed by atoms with E-state index in [-0.39, 0.29) is 5.56 Å². The first-order valence-corrected chi connectivity index (χ1v) is 7.74. The molecule has 5 nitrogen and oxygen atoms in total. The number of aromatic nitrogens is 3. The highest BCUT2D eigenvalue weighted by atomic mass is 32.2. The van der Waals surface area contributed by atoms with Crippen LogP contribution in [0.2, 0.25) is 0 Å². The number of rotatable bonds is 3. The van der Waals surface area contributed by atoms with E-state index in [9.17, 15) is 4.79 Å². The number of nitrogens with one attached hydrogen (secondary N) is 1. The summed E-state index contributed by atoms with van der Waals surface area (Å²) in [7, 11) is 0. The minimum atomic E-state index is -0.126. The fourth-order valence-electron chi connectivity index (χ4n) is 2.25. The van der Waals surface area contributed by atoms with Crippen LogP contribution in [0.3, 0.4) is 0 Å². The minimum absolute atomic E-state index is 0.126. The summed E-state index contributed by atoms with van der Waals surface area (Å²) < 4.78 is 5.64. The highest BCUT2D eigenvalue weighted by Gasteiger charge is 2.08. The van der Waals surface area contributed by atoms with E-state index in [1.165, 1.54) is 11.8 Å². The number of oxazole rings is 1. The summed E-state index contributed by atoms with van der Waals surface area (Å²) in [4.78, 5) is 23.7. The molecule has 6 heteroatoms. The molecule has 0 saturated carbocycles. The standard InChI is InChI=1S/C16H11N3O2S/c20-15-10-5-1-2-6-11(10)17-14(19-15)9-22-16-18-12-7-3-4-8-13(12)21-16/h1-8H,9H2,(H,17,19,20). The summed E-state index contributed by atoms with van der Waals surface area (Å²) in [5, 5.41) is 1.16. The Morgan fingerprint density at radius 1 is 1.00 bits per heavy atom. The van der Waals surface area contributed by atoms with Crippen LogP contribution in [0.4, 0.5) is 0 Å². The van der Waals surface area contributed by atoms with E-state index in [2.05, 4.69) is 15.0 Å². The molecule has 0 amide bonds. The normalized spacial score (nSPS) is 11.3. The van der Waals surface area contributed by atoms with Gasteiger partial charge in [0.1, 0.15) is 11.3 Å². The fourth-order valence-corrected chi connectivity index (χ4v) is 2.95. The predicted octanol–water partition coefficient (Wildman–Crippen LogP) is 3.36. The lowest BCUT2D eigenvalue weighted by molar-refractivity contribution is 0.489. The minimum Gasteiger partial charge on any atom is -0.431 e. The summed E-state index contributed by atoms with van der Waals surface area (Å²) in [5.41, 5.74) is 2.15. The fraction of sp³-hybridized carbons (Fsp3) is 0.0625. The van der Waals surface area contributed by atoms with E-state index in [0.717, 1.165) is 11.1 Å². The molecule has 0 radical (unpaired) electrons. The molecule has 4 rings (SSSR count). The lowest BCUT2D eigenvalue weighted by atomic mass is 10.2. The number of H-pyrrole nitrogens is 1. The molecule has 108 valence electrons. The molecule has 0 unspecified atom stereocenters. The van der Waals surface area contributed by atoms with Gasteiger partial charge in [0.05, 0.1) is 16.7 Å². The SMILES string of the molecule is O=c1[nH]c(CSc2nc3ccccc3o2)nc2ccccc12. The Hall–Kier alpha value is -2.60. The van der Waals surface area contributed by atoms with Gasteiger partial charge in [0, 0.05) is 0 Å². The van der Waals surface area contributed by atoms with Gasteiger partial charge in [-0.25, -0.2) is 9.97 Å². The van der Waals surface area contributed by atoms with Crippen molar-refractivity contribution in [3.8, 4) is 0 Å². The van der Waals surface area contributed by atoms with Crippen molar-refractivity contribution in [2.75, 3.05) is 0 Å². The van der Waals surface area contributed by atoms with Crippen molar-refractivity contribution in [2.24, 2.45) is 0 Å². The Morgan fingerprint density at radius 2 is 1.77 bits per heavy atom. The van der Waals surface area contributed by atoms with Crippen molar-refractivity contribution in [1.82, 2.24) is 15.0 Å². The van der Waals surface area contributed by atoms with Gasteiger partial charge in [0.25, 0.3) is 10.8 Å². The van der Waals surface area contributed by atoms with Crippen LogP contribution in [-0.4, -0.2) is 15.0 Å². The van der Waals surface area contributed by atoms with Crippen LogP contribution in [0, 0.1) is 0 Å². The van der Waals surface area contributed by atoms with Crippen LogP contribution >= 0.6 is 11.8 Å². The van der Waals surface area contributed by atoms with Crippen molar-refractivity contribution in [1.29, 1.82) is 0 Å². The molecule has 0 atom stereocenters. The Labute approximate surface area is 129 Å². The van der Waals surface area contributed by atoms with Gasteiger partial charge in [-0.05, 0) is 24.3 Å². The molecule has 0 aliphatic carbocycles. The molecule has 22 heavy (non-hydrogen) atoms.